The molecule has 2 aromatic heterocycles. The Balaban J connectivity index is 2.13. The van der Waals surface area contributed by atoms with E-state index in [9.17, 15) is 8.42 Å². The van der Waals surface area contributed by atoms with Gasteiger partial charge in [0, 0.05) is 26.8 Å². The monoisotopic (exact) mass is 351 g/mol. The number of aliphatic hydroxyl groups is 1. The minimum atomic E-state index is -3.69. The molecule has 0 fully saturated rings. The van der Waals surface area contributed by atoms with Crippen LogP contribution in [-0.2, 0) is 23.2 Å². The van der Waals surface area contributed by atoms with E-state index >= 15 is 0 Å². The molecule has 0 aliphatic rings. The van der Waals surface area contributed by atoms with E-state index in [1.54, 1.807) is 0 Å². The maximum absolute atomic E-state index is 12.0. The fraction of sp³-hybridized carbons (Fsp3) is 0.222. The van der Waals surface area contributed by atoms with Gasteiger partial charge in [-0.05, 0) is 22.0 Å². The van der Waals surface area contributed by atoms with Crippen LogP contribution in [0.25, 0.3) is 0 Å². The van der Waals surface area contributed by atoms with Gasteiger partial charge in [0.15, 0.2) is 5.03 Å². The highest BCUT2D eigenvalue weighted by molar-refractivity contribution is 9.10. The molecule has 2 aromatic rings. The highest BCUT2D eigenvalue weighted by atomic mass is 79.9. The van der Waals surface area contributed by atoms with Crippen LogP contribution in [0.2, 0.25) is 0 Å². The Labute approximate surface area is 116 Å². The molecule has 0 bridgehead atoms. The van der Waals surface area contributed by atoms with Crippen molar-refractivity contribution in [3.05, 3.63) is 32.6 Å². The Morgan fingerprint density at radius 3 is 2.94 bits per heavy atom. The molecule has 0 radical (unpaired) electrons. The third-order valence-electron chi connectivity index (χ3n) is 2.18. The van der Waals surface area contributed by atoms with Crippen molar-refractivity contribution in [2.75, 3.05) is 0 Å². The van der Waals surface area contributed by atoms with E-state index in [1.807, 2.05) is 11.4 Å². The van der Waals surface area contributed by atoms with Crippen molar-refractivity contribution in [3.63, 3.8) is 0 Å². The number of aromatic amines is 1. The Hall–Kier alpha value is -0.740. The van der Waals surface area contributed by atoms with Crippen molar-refractivity contribution in [2.45, 2.75) is 18.2 Å². The molecule has 0 saturated carbocycles. The maximum atomic E-state index is 12.0. The van der Waals surface area contributed by atoms with Gasteiger partial charge in [-0.25, -0.2) is 13.1 Å². The largest absolute Gasteiger partial charge is 0.392 e. The first-order valence-corrected chi connectivity index (χ1v) is 8.04. The van der Waals surface area contributed by atoms with Gasteiger partial charge in [0.05, 0.1) is 12.8 Å². The van der Waals surface area contributed by atoms with Crippen LogP contribution in [-0.4, -0.2) is 23.7 Å². The second kappa shape index (κ2) is 5.49. The van der Waals surface area contributed by atoms with Crippen LogP contribution in [0.5, 0.6) is 0 Å². The molecule has 3 N–H and O–H groups in total. The Morgan fingerprint density at radius 2 is 2.33 bits per heavy atom. The van der Waals surface area contributed by atoms with Gasteiger partial charge < -0.3 is 5.11 Å². The van der Waals surface area contributed by atoms with Crippen LogP contribution < -0.4 is 4.72 Å². The Bertz CT molecular complexity index is 635. The smallest absolute Gasteiger partial charge is 0.258 e. The predicted octanol–water partition coefficient (Wildman–Crippen LogP) is 1.20. The summed E-state index contributed by atoms with van der Waals surface area (Å²) in [6.07, 6.45) is 1.29. The minimum absolute atomic E-state index is 0.0966. The number of H-pyrrole nitrogens is 1. The van der Waals surface area contributed by atoms with Crippen LogP contribution in [0.4, 0.5) is 0 Å². The molecule has 0 atom stereocenters. The summed E-state index contributed by atoms with van der Waals surface area (Å²) in [4.78, 5) is 0.885. The van der Waals surface area contributed by atoms with Gasteiger partial charge in [0.1, 0.15) is 0 Å². The standard InChI is InChI=1S/C9H10BrN3O3S2/c10-7-1-8(17-5-7)3-12-18(15,16)9-6(4-14)2-11-13-9/h1-2,5,12,14H,3-4H2,(H,11,13). The molecule has 2 heterocycles. The van der Waals surface area contributed by atoms with E-state index in [0.717, 1.165) is 9.35 Å². The average Bonchev–Trinajstić information content (AvgIpc) is 2.95. The molecule has 0 aromatic carbocycles. The van der Waals surface area contributed by atoms with Crippen LogP contribution in [0.3, 0.4) is 0 Å². The van der Waals surface area contributed by atoms with Crippen molar-refractivity contribution in [3.8, 4) is 0 Å². The molecule has 0 saturated heterocycles. The summed E-state index contributed by atoms with van der Waals surface area (Å²) < 4.78 is 27.3. The quantitative estimate of drug-likeness (QED) is 0.754. The summed E-state index contributed by atoms with van der Waals surface area (Å²) in [6.45, 7) is -0.181. The normalized spacial score (nSPS) is 11.9. The van der Waals surface area contributed by atoms with E-state index in [4.69, 9.17) is 5.11 Å². The Morgan fingerprint density at radius 1 is 1.56 bits per heavy atom. The topological polar surface area (TPSA) is 95.1 Å². The zero-order chi connectivity index (χ0) is 13.2. The molecule has 9 heteroatoms. The molecule has 0 unspecified atom stereocenters. The zero-order valence-corrected chi connectivity index (χ0v) is 12.3. The van der Waals surface area contributed by atoms with Crippen molar-refractivity contribution in [2.24, 2.45) is 0 Å². The molecule has 0 spiro atoms. The van der Waals surface area contributed by atoms with Gasteiger partial charge in [-0.3, -0.25) is 5.10 Å². The summed E-state index contributed by atoms with van der Waals surface area (Å²) >= 11 is 4.75. The van der Waals surface area contributed by atoms with E-state index in [2.05, 4.69) is 30.8 Å². The number of aromatic nitrogens is 2. The number of hydrogen-bond acceptors (Lipinski definition) is 5. The fourth-order valence-electron chi connectivity index (χ4n) is 1.33. The van der Waals surface area contributed by atoms with Crippen LogP contribution in [0.1, 0.15) is 10.4 Å². The van der Waals surface area contributed by atoms with Crippen LogP contribution in [0, 0.1) is 0 Å². The summed E-state index contributed by atoms with van der Waals surface area (Å²) in [5.74, 6) is 0. The number of nitrogens with zero attached hydrogens (tertiary/aromatic N) is 1. The number of thiophene rings is 1. The minimum Gasteiger partial charge on any atom is -0.392 e. The lowest BCUT2D eigenvalue weighted by molar-refractivity contribution is 0.278. The lowest BCUT2D eigenvalue weighted by atomic mass is 10.4. The van der Waals surface area contributed by atoms with Crippen molar-refractivity contribution < 1.29 is 13.5 Å². The summed E-state index contributed by atoms with van der Waals surface area (Å²) in [5.41, 5.74) is 0.245. The summed E-state index contributed by atoms with van der Waals surface area (Å²) in [6, 6.07) is 1.84. The van der Waals surface area contributed by atoms with Crippen LogP contribution in [0.15, 0.2) is 27.1 Å². The lowest BCUT2D eigenvalue weighted by Gasteiger charge is -2.04. The van der Waals surface area contributed by atoms with Gasteiger partial charge in [-0.1, -0.05) is 0 Å². The first-order valence-electron chi connectivity index (χ1n) is 4.88. The predicted molar refractivity (Wildman–Crippen MR) is 70.6 cm³/mol. The van der Waals surface area contributed by atoms with E-state index < -0.39 is 10.0 Å². The van der Waals surface area contributed by atoms with E-state index in [-0.39, 0.29) is 23.7 Å². The Kier molecular flexibility index (Phi) is 4.17. The summed E-state index contributed by atoms with van der Waals surface area (Å²) in [7, 11) is -3.69. The molecule has 6 nitrogen and oxygen atoms in total. The molecule has 0 aliphatic heterocycles. The number of aliphatic hydroxyl groups excluding tert-OH is 1. The molecular weight excluding hydrogens is 342 g/mol. The number of rotatable bonds is 5. The van der Waals surface area contributed by atoms with Gasteiger partial charge in [0.2, 0.25) is 0 Å². The third kappa shape index (κ3) is 2.98. The highest BCUT2D eigenvalue weighted by Crippen LogP contribution is 2.20. The number of hydrogen-bond donors (Lipinski definition) is 3. The second-order valence-electron chi connectivity index (χ2n) is 3.44. The number of halogens is 1. The van der Waals surface area contributed by atoms with Crippen LogP contribution >= 0.6 is 27.3 Å². The molecule has 2 rings (SSSR count). The SMILES string of the molecule is O=S(=O)(NCc1cc(Br)cs1)c1[nH]ncc1CO. The molecule has 18 heavy (non-hydrogen) atoms. The second-order valence-corrected chi connectivity index (χ2v) is 7.05. The van der Waals surface area contributed by atoms with Crippen molar-refractivity contribution >= 4 is 37.3 Å². The number of nitrogens with one attached hydrogen (secondary N) is 2. The molecule has 98 valence electrons. The maximum Gasteiger partial charge on any atom is 0.258 e. The first kappa shape index (κ1) is 13.7. The number of sulfonamides is 1. The van der Waals surface area contributed by atoms with Gasteiger partial charge in [-0.15, -0.1) is 11.3 Å². The van der Waals surface area contributed by atoms with Gasteiger partial charge in [-0.2, -0.15) is 5.10 Å². The fourth-order valence-corrected chi connectivity index (χ4v) is 3.94. The lowest BCUT2D eigenvalue weighted by Crippen LogP contribution is -2.24. The van der Waals surface area contributed by atoms with Gasteiger partial charge >= 0.3 is 0 Å². The third-order valence-corrected chi connectivity index (χ3v) is 5.29. The van der Waals surface area contributed by atoms with Crippen molar-refractivity contribution in [1.29, 1.82) is 0 Å². The van der Waals surface area contributed by atoms with Crippen molar-refractivity contribution in [1.82, 2.24) is 14.9 Å². The zero-order valence-electron chi connectivity index (χ0n) is 9.05. The molecule has 0 aliphatic carbocycles. The molecular formula is C9H10BrN3O3S2. The summed E-state index contributed by atoms with van der Waals surface area (Å²) in [5, 5.41) is 16.8. The highest BCUT2D eigenvalue weighted by Gasteiger charge is 2.20. The van der Waals surface area contributed by atoms with E-state index in [0.29, 0.717) is 0 Å². The molecule has 0 amide bonds. The first-order chi connectivity index (χ1) is 8.53. The van der Waals surface area contributed by atoms with E-state index in [1.165, 1.54) is 17.5 Å². The average molecular weight is 352 g/mol. The van der Waals surface area contributed by atoms with Gasteiger partial charge in [0.25, 0.3) is 10.0 Å².